The Morgan fingerprint density at radius 2 is 1.17 bits per heavy atom. The second-order valence-electron chi connectivity index (χ2n) is 15.8. The number of halogens is 1. The van der Waals surface area contributed by atoms with Gasteiger partial charge in [-0.2, -0.15) is 29.4 Å². The van der Waals surface area contributed by atoms with Crippen LogP contribution in [-0.4, -0.2) is 101 Å². The number of nitrogens with zero attached hydrogens (tertiary/aromatic N) is 6. The number of primary amides is 2. The van der Waals surface area contributed by atoms with Crippen LogP contribution in [0.1, 0.15) is 91.9 Å². The number of nitrogens with one attached hydrogen (secondary N) is 2. The van der Waals surface area contributed by atoms with Gasteiger partial charge in [-0.05, 0) is 88.5 Å². The van der Waals surface area contributed by atoms with Gasteiger partial charge in [0.2, 0.25) is 12.1 Å². The number of amides is 2. The number of ether oxygens (including phenoxy) is 2. The maximum atomic E-state index is 12.1. The third-order valence-corrected chi connectivity index (χ3v) is 11.9. The molecule has 5 heterocycles. The van der Waals surface area contributed by atoms with Gasteiger partial charge < -0.3 is 50.6 Å². The van der Waals surface area contributed by atoms with E-state index in [1.54, 1.807) is 21.8 Å². The maximum Gasteiger partial charge on any atom is 0.495 e. The van der Waals surface area contributed by atoms with Gasteiger partial charge in [0, 0.05) is 41.1 Å². The predicted octanol–water partition coefficient (Wildman–Crippen LogP) is 5.10. The van der Waals surface area contributed by atoms with Crippen LogP contribution in [0.3, 0.4) is 0 Å². The fourth-order valence-corrected chi connectivity index (χ4v) is 7.13. The first-order valence-electron chi connectivity index (χ1n) is 19.8. The van der Waals surface area contributed by atoms with E-state index in [2.05, 4.69) is 46.5 Å². The van der Waals surface area contributed by atoms with Crippen molar-refractivity contribution < 1.29 is 47.5 Å². The van der Waals surface area contributed by atoms with Gasteiger partial charge >= 0.3 is 19.4 Å². The van der Waals surface area contributed by atoms with E-state index in [0.717, 1.165) is 32.4 Å². The first-order valence-corrected chi connectivity index (χ1v) is 20.6. The van der Waals surface area contributed by atoms with Gasteiger partial charge in [-0.3, -0.25) is 19.0 Å². The average molecular weight is 960 g/mol. The Labute approximate surface area is 385 Å². The molecule has 6 N–H and O–H groups in total. The largest absolute Gasteiger partial charge is 0.495 e. The molecular weight excluding hydrogens is 907 g/mol. The number of rotatable bonds is 9. The van der Waals surface area contributed by atoms with Crippen molar-refractivity contribution in [2.45, 2.75) is 97.2 Å². The first-order chi connectivity index (χ1) is 30.3. The number of nitrogens with two attached hydrogens (primary N) is 2. The minimum atomic E-state index is -0.592. The van der Waals surface area contributed by atoms with Crippen molar-refractivity contribution in [1.82, 2.24) is 19.6 Å². The Morgan fingerprint density at radius 3 is 1.54 bits per heavy atom. The SMILES string of the molecule is C.O=C=O.O=C=O.[C-]#[N+][C@H]1CCOCC1n1cc(C(N)=O)c(Nc2ccc(B3OC(C)(C)C(C)(C)O3)c(C)c2)n1.[C-]#[N+][C@H]1CCOCC1n1cc(C(N)=O)c(Nc2ccc(Br)c(C)c2)n1. The zero-order valence-corrected chi connectivity index (χ0v) is 37.6. The summed E-state index contributed by atoms with van der Waals surface area (Å²) < 4.78 is 27.6. The van der Waals surface area contributed by atoms with Crippen LogP contribution in [0.4, 0.5) is 23.0 Å². The monoisotopic (exact) mass is 958 g/mol. The molecule has 7 rings (SSSR count). The maximum absolute atomic E-state index is 12.1. The molecule has 3 saturated heterocycles. The molecule has 3 aliphatic rings. The number of aromatic nitrogens is 4. The van der Waals surface area contributed by atoms with Crippen molar-refractivity contribution in [2.24, 2.45) is 11.5 Å². The molecule has 2 unspecified atom stereocenters. The predicted molar refractivity (Wildman–Crippen MR) is 240 cm³/mol. The summed E-state index contributed by atoms with van der Waals surface area (Å²) in [5.41, 5.74) is 15.3. The molecule has 2 aromatic heterocycles. The van der Waals surface area contributed by atoms with Gasteiger partial charge in [0.25, 0.3) is 11.8 Å². The fourth-order valence-electron chi connectivity index (χ4n) is 6.88. The standard InChI is InChI=1S/C23H30BN5O4.C17H18BrN5O2.2CO2.CH4/c1-14-11-15(7-8-17(14)24-32-22(2,3)23(4,5)33-24)27-21-16(20(25)30)12-29(28-21)19-13-31-10-9-18(19)26-6;1-10-7-11(3-4-13(10)18)21-17-12(16(19)24)8-23(22-17)15-9-25-6-5-14(15)20-2;2*2-1-3;/h7-8,11-12,18-19H,9-10,13H2,1-5H3,(H2,25,30)(H,27,28);3-4,7-8,14-15H,5-6,9H2,1H3,(H2,19,24)(H,21,22);;;1H4/t18-,19?;14-,15?;;;/m00.../s1. The Balaban J connectivity index is 0.000000312. The zero-order chi connectivity index (χ0) is 47.4. The molecule has 4 aromatic rings. The van der Waals surface area contributed by atoms with E-state index in [9.17, 15) is 9.59 Å². The van der Waals surface area contributed by atoms with E-state index in [0.29, 0.717) is 50.9 Å². The topological polar surface area (TPSA) is 260 Å². The lowest BCUT2D eigenvalue weighted by Gasteiger charge is -2.32. The Kier molecular flexibility index (Phi) is 19.1. The van der Waals surface area contributed by atoms with Crippen LogP contribution < -0.4 is 27.6 Å². The summed E-state index contributed by atoms with van der Waals surface area (Å²) in [6.45, 7) is 28.8. The molecule has 65 heavy (non-hydrogen) atoms. The van der Waals surface area contributed by atoms with Crippen LogP contribution in [0.25, 0.3) is 9.69 Å². The number of hydrogen-bond acceptors (Lipinski definition) is 14. The lowest BCUT2D eigenvalue weighted by atomic mass is 9.76. The number of anilines is 4. The molecule has 22 heteroatoms. The molecule has 3 fully saturated rings. The van der Waals surface area contributed by atoms with Gasteiger partial charge in [0.05, 0.1) is 37.6 Å². The minimum absolute atomic E-state index is 0. The number of carbonyl (C=O) groups is 2. The smallest absolute Gasteiger partial charge is 0.399 e. The van der Waals surface area contributed by atoms with E-state index in [-0.39, 0.29) is 55.0 Å². The fraction of sp³-hybridized carbons (Fsp3) is 0.442. The first kappa shape index (κ1) is 52.9. The molecule has 4 atom stereocenters. The highest BCUT2D eigenvalue weighted by molar-refractivity contribution is 9.10. The zero-order valence-electron chi connectivity index (χ0n) is 36.0. The Morgan fingerprint density at radius 1 is 0.769 bits per heavy atom. The van der Waals surface area contributed by atoms with Crippen LogP contribution in [0.15, 0.2) is 53.3 Å². The normalized spacial score (nSPS) is 20.0. The molecular formula is C43H52BBrN10O10. The number of carbonyl (C=O) groups excluding carboxylic acids is 6. The summed E-state index contributed by atoms with van der Waals surface area (Å²) in [6.07, 6.45) is 4.96. The Bertz CT molecular complexity index is 2440. The van der Waals surface area contributed by atoms with E-state index < -0.39 is 30.1 Å². The second-order valence-corrected chi connectivity index (χ2v) is 16.6. The van der Waals surface area contributed by atoms with Crippen molar-refractivity contribution in [3.8, 4) is 0 Å². The summed E-state index contributed by atoms with van der Waals surface area (Å²) in [5.74, 6) is -0.438. The summed E-state index contributed by atoms with van der Waals surface area (Å²) >= 11 is 3.46. The van der Waals surface area contributed by atoms with Crippen molar-refractivity contribution in [3.63, 3.8) is 0 Å². The Hall–Kier alpha value is -6.48. The molecule has 0 radical (unpaired) electrons. The molecule has 2 amide bonds. The molecule has 0 bridgehead atoms. The lowest BCUT2D eigenvalue weighted by molar-refractivity contribution is -0.193. The van der Waals surface area contributed by atoms with Crippen LogP contribution in [0, 0.1) is 27.0 Å². The van der Waals surface area contributed by atoms with Crippen LogP contribution in [0.2, 0.25) is 0 Å². The summed E-state index contributed by atoms with van der Waals surface area (Å²) in [5, 5.41) is 15.4. The second kappa shape index (κ2) is 23.5. The summed E-state index contributed by atoms with van der Waals surface area (Å²) in [6, 6.07) is 10.6. The van der Waals surface area contributed by atoms with Crippen molar-refractivity contribution in [3.05, 3.63) is 98.4 Å². The minimum Gasteiger partial charge on any atom is -0.399 e. The summed E-state index contributed by atoms with van der Waals surface area (Å²) in [4.78, 5) is 63.8. The highest BCUT2D eigenvalue weighted by Gasteiger charge is 2.52. The van der Waals surface area contributed by atoms with E-state index in [1.165, 1.54) is 0 Å². The highest BCUT2D eigenvalue weighted by atomic mass is 79.9. The lowest BCUT2D eigenvalue weighted by Crippen LogP contribution is -2.41. The van der Waals surface area contributed by atoms with E-state index in [4.69, 9.17) is 62.6 Å². The summed E-state index contributed by atoms with van der Waals surface area (Å²) in [7, 11) is -0.457. The molecule has 0 spiro atoms. The number of aryl methyl sites for hydroxylation is 2. The molecule has 20 nitrogen and oxygen atoms in total. The van der Waals surface area contributed by atoms with Crippen molar-refractivity contribution in [2.75, 3.05) is 37.1 Å². The molecule has 0 aliphatic carbocycles. The van der Waals surface area contributed by atoms with Crippen molar-refractivity contribution >= 4 is 75.6 Å². The highest BCUT2D eigenvalue weighted by Crippen LogP contribution is 2.37. The molecule has 0 saturated carbocycles. The van der Waals surface area contributed by atoms with Gasteiger partial charge in [-0.25, -0.2) is 13.1 Å². The molecule has 2 aromatic carbocycles. The average Bonchev–Trinajstić information content (AvgIpc) is 3.93. The third kappa shape index (κ3) is 13.1. The number of benzene rings is 2. The van der Waals surface area contributed by atoms with Gasteiger partial charge in [0.15, 0.2) is 11.6 Å². The van der Waals surface area contributed by atoms with Crippen molar-refractivity contribution in [1.29, 1.82) is 0 Å². The van der Waals surface area contributed by atoms with E-state index >= 15 is 0 Å². The molecule has 344 valence electrons. The quantitative estimate of drug-likeness (QED) is 0.126. The molecule has 3 aliphatic heterocycles. The van der Waals surface area contributed by atoms with Crippen LogP contribution >= 0.6 is 15.9 Å². The van der Waals surface area contributed by atoms with Gasteiger partial charge in [-0.15, -0.1) is 0 Å². The third-order valence-electron chi connectivity index (χ3n) is 11.0. The number of hydrogen-bond donors (Lipinski definition) is 4. The van der Waals surface area contributed by atoms with E-state index in [1.807, 2.05) is 77.9 Å². The van der Waals surface area contributed by atoms with Gasteiger partial charge in [0.1, 0.15) is 23.2 Å². The van der Waals surface area contributed by atoms with Gasteiger partial charge in [-0.1, -0.05) is 29.4 Å². The van der Waals surface area contributed by atoms with Crippen LogP contribution in [-0.2, 0) is 38.0 Å². The van der Waals surface area contributed by atoms with Crippen LogP contribution in [0.5, 0.6) is 0 Å².